The zero-order valence-corrected chi connectivity index (χ0v) is 8.84. The Kier molecular flexibility index (Phi) is 2.96. The van der Waals surface area contributed by atoms with Gasteiger partial charge in [0.05, 0.1) is 6.10 Å². The molecular weight excluding hydrogens is 192 g/mol. The fourth-order valence-electron chi connectivity index (χ4n) is 1.55. The Morgan fingerprint density at radius 2 is 2.00 bits per heavy atom. The second-order valence-electron chi connectivity index (χ2n) is 3.49. The molecule has 4 atom stereocenters. The number of rotatable bonds is 2. The third-order valence-corrected chi connectivity index (χ3v) is 4.88. The molecule has 0 bridgehead atoms. The summed E-state index contributed by atoms with van der Waals surface area (Å²) in [5, 5.41) is -1.39. The molecule has 0 aliphatic carbocycles. The lowest BCUT2D eigenvalue weighted by molar-refractivity contribution is 0.0384. The van der Waals surface area contributed by atoms with Crippen molar-refractivity contribution < 1.29 is 13.3 Å². The van der Waals surface area contributed by atoms with E-state index in [4.69, 9.17) is 10.6 Å². The first-order valence-corrected chi connectivity index (χ1v) is 5.87. The highest BCUT2D eigenvalue weighted by Gasteiger charge is 2.43. The lowest BCUT2D eigenvalue weighted by atomic mass is 10.2. The minimum Gasteiger partial charge on any atom is -0.315 e. The number of nitrogens with one attached hydrogen (secondary N) is 1. The normalized spacial score (nSPS) is 37.7. The highest BCUT2D eigenvalue weighted by Crippen LogP contribution is 2.21. The molecule has 13 heavy (non-hydrogen) atoms. The van der Waals surface area contributed by atoms with Crippen LogP contribution < -0.4 is 11.2 Å². The van der Waals surface area contributed by atoms with E-state index in [0.717, 1.165) is 0 Å². The van der Waals surface area contributed by atoms with E-state index in [-0.39, 0.29) is 12.1 Å². The van der Waals surface area contributed by atoms with E-state index >= 15 is 0 Å². The summed E-state index contributed by atoms with van der Waals surface area (Å²) in [5.41, 5.74) is 8.05. The fourth-order valence-corrected chi connectivity index (χ4v) is 3.26. The number of hydrogen-bond acceptors (Lipinski definition) is 5. The van der Waals surface area contributed by atoms with Crippen molar-refractivity contribution >= 4 is 9.84 Å². The minimum atomic E-state index is -3.28. The molecule has 1 fully saturated rings. The van der Waals surface area contributed by atoms with Gasteiger partial charge in [0.2, 0.25) is 0 Å². The lowest BCUT2D eigenvalue weighted by Gasteiger charge is -2.19. The average Bonchev–Trinajstić information content (AvgIpc) is 2.30. The van der Waals surface area contributed by atoms with E-state index in [1.165, 1.54) is 6.92 Å². The molecule has 5 nitrogen and oxygen atoms in total. The van der Waals surface area contributed by atoms with Gasteiger partial charge < -0.3 is 5.73 Å². The largest absolute Gasteiger partial charge is 0.315 e. The predicted octanol–water partition coefficient (Wildman–Crippen LogP) is -0.614. The highest BCUT2D eigenvalue weighted by molar-refractivity contribution is 7.92. The summed E-state index contributed by atoms with van der Waals surface area (Å²) in [7, 11) is -3.28. The molecule has 0 aromatic heterocycles. The Balaban J connectivity index is 2.93. The van der Waals surface area contributed by atoms with Crippen LogP contribution in [0.1, 0.15) is 20.8 Å². The van der Waals surface area contributed by atoms with Crippen LogP contribution in [0.3, 0.4) is 0 Å². The van der Waals surface area contributed by atoms with Crippen LogP contribution in [0, 0.1) is 0 Å². The van der Waals surface area contributed by atoms with Crippen molar-refractivity contribution in [3.05, 3.63) is 0 Å². The lowest BCUT2D eigenvalue weighted by Crippen LogP contribution is -2.44. The van der Waals surface area contributed by atoms with Gasteiger partial charge in [0.1, 0.15) is 10.6 Å². The van der Waals surface area contributed by atoms with E-state index in [0.29, 0.717) is 0 Å². The number of sulfone groups is 1. The fraction of sp³-hybridized carbons (Fsp3) is 1.00. The van der Waals surface area contributed by atoms with Crippen LogP contribution in [0.15, 0.2) is 0 Å². The van der Waals surface area contributed by atoms with Crippen LogP contribution in [0.2, 0.25) is 0 Å². The molecule has 0 aromatic rings. The summed E-state index contributed by atoms with van der Waals surface area (Å²) >= 11 is 0. The van der Waals surface area contributed by atoms with E-state index in [1.807, 2.05) is 0 Å². The summed E-state index contributed by atoms with van der Waals surface area (Å²) in [4.78, 5) is 5.03. The van der Waals surface area contributed by atoms with Crippen LogP contribution in [-0.2, 0) is 14.7 Å². The molecule has 3 N–H and O–H groups in total. The molecule has 1 saturated heterocycles. The molecule has 0 amide bonds. The quantitative estimate of drug-likeness (QED) is 0.632. The Hall–Kier alpha value is -0.170. The van der Waals surface area contributed by atoms with Gasteiger partial charge in [-0.1, -0.05) is 0 Å². The van der Waals surface area contributed by atoms with Gasteiger partial charge in [-0.25, -0.2) is 8.42 Å². The van der Waals surface area contributed by atoms with Crippen LogP contribution in [0.5, 0.6) is 0 Å². The predicted molar refractivity (Wildman–Crippen MR) is 49.5 cm³/mol. The topological polar surface area (TPSA) is 81.4 Å². The average molecular weight is 208 g/mol. The third-order valence-electron chi connectivity index (χ3n) is 2.29. The Morgan fingerprint density at radius 1 is 1.46 bits per heavy atom. The number of hydroxylamine groups is 1. The van der Waals surface area contributed by atoms with Crippen LogP contribution in [0.4, 0.5) is 0 Å². The van der Waals surface area contributed by atoms with Crippen molar-refractivity contribution in [2.75, 3.05) is 0 Å². The van der Waals surface area contributed by atoms with Crippen LogP contribution >= 0.6 is 0 Å². The molecule has 0 radical (unpaired) electrons. The van der Waals surface area contributed by atoms with E-state index < -0.39 is 20.5 Å². The minimum absolute atomic E-state index is 0.203. The Morgan fingerprint density at radius 3 is 2.31 bits per heavy atom. The molecule has 0 saturated carbocycles. The van der Waals surface area contributed by atoms with Gasteiger partial charge in [0.25, 0.3) is 0 Å². The molecule has 1 aliphatic rings. The molecule has 6 heteroatoms. The molecule has 0 spiro atoms. The number of hydrogen-bond donors (Lipinski definition) is 2. The second kappa shape index (κ2) is 3.53. The third kappa shape index (κ3) is 1.85. The van der Waals surface area contributed by atoms with Gasteiger partial charge >= 0.3 is 0 Å². The molecule has 0 aromatic carbocycles. The maximum Gasteiger partial charge on any atom is 0.172 e. The van der Waals surface area contributed by atoms with Gasteiger partial charge in [0.15, 0.2) is 9.84 Å². The van der Waals surface area contributed by atoms with E-state index in [9.17, 15) is 8.42 Å². The molecule has 4 unspecified atom stereocenters. The van der Waals surface area contributed by atoms with Crippen molar-refractivity contribution in [2.45, 2.75) is 43.5 Å². The smallest absolute Gasteiger partial charge is 0.172 e. The number of nitrogens with two attached hydrogens (primary N) is 1. The highest BCUT2D eigenvalue weighted by atomic mass is 32.2. The van der Waals surface area contributed by atoms with Crippen LogP contribution in [0.25, 0.3) is 0 Å². The zero-order valence-electron chi connectivity index (χ0n) is 8.02. The maximum absolute atomic E-state index is 11.7. The molecular formula is C7H16N2O3S. The second-order valence-corrected chi connectivity index (χ2v) is 5.95. The Labute approximate surface area is 78.5 Å². The summed E-state index contributed by atoms with van der Waals surface area (Å²) in [6.07, 6.45) is -0.342. The van der Waals surface area contributed by atoms with Crippen molar-refractivity contribution in [2.24, 2.45) is 5.73 Å². The van der Waals surface area contributed by atoms with Crippen molar-refractivity contribution in [3.8, 4) is 0 Å². The molecule has 78 valence electrons. The molecule has 1 heterocycles. The van der Waals surface area contributed by atoms with E-state index in [1.54, 1.807) is 13.8 Å². The molecule has 1 aliphatic heterocycles. The van der Waals surface area contributed by atoms with Crippen molar-refractivity contribution in [1.29, 1.82) is 0 Å². The summed E-state index contributed by atoms with van der Waals surface area (Å²) in [6, 6.07) is -0.203. The SMILES string of the molecule is CC1NOC(C)C1S(=O)(=O)C(C)N. The van der Waals surface area contributed by atoms with Gasteiger partial charge in [-0.05, 0) is 20.8 Å². The van der Waals surface area contributed by atoms with Gasteiger partial charge in [-0.2, -0.15) is 5.48 Å². The summed E-state index contributed by atoms with van der Waals surface area (Å²) in [5.74, 6) is 0. The molecule has 1 rings (SSSR count). The zero-order chi connectivity index (χ0) is 10.2. The Bertz CT molecular complexity index is 265. The summed E-state index contributed by atoms with van der Waals surface area (Å²) < 4.78 is 23.4. The standard InChI is InChI=1S/C7H16N2O3S/c1-4-7(5(2)12-9-4)13(10,11)6(3)8/h4-7,9H,8H2,1-3H3. The van der Waals surface area contributed by atoms with Gasteiger partial charge in [0, 0.05) is 6.04 Å². The van der Waals surface area contributed by atoms with Crippen molar-refractivity contribution in [1.82, 2.24) is 5.48 Å². The van der Waals surface area contributed by atoms with Crippen LogP contribution in [-0.4, -0.2) is 31.2 Å². The van der Waals surface area contributed by atoms with Crippen molar-refractivity contribution in [3.63, 3.8) is 0 Å². The first-order valence-electron chi connectivity index (χ1n) is 4.27. The van der Waals surface area contributed by atoms with Gasteiger partial charge in [-0.15, -0.1) is 0 Å². The first-order chi connectivity index (χ1) is 5.87. The summed E-state index contributed by atoms with van der Waals surface area (Å²) in [6.45, 7) is 4.97. The maximum atomic E-state index is 11.7. The van der Waals surface area contributed by atoms with Gasteiger partial charge in [-0.3, -0.25) is 4.84 Å². The van der Waals surface area contributed by atoms with E-state index in [2.05, 4.69) is 5.48 Å². The monoisotopic (exact) mass is 208 g/mol. The first kappa shape index (κ1) is 10.9.